The molecule has 0 radical (unpaired) electrons. The molecule has 0 saturated heterocycles. The molecule has 1 aliphatic rings. The second-order valence-electron chi connectivity index (χ2n) is 13.3. The molecule has 0 N–H and O–H groups in total. The lowest BCUT2D eigenvalue weighted by atomic mass is 10.0. The van der Waals surface area contributed by atoms with Crippen molar-refractivity contribution in [2.75, 3.05) is 0 Å². The highest BCUT2D eigenvalue weighted by atomic mass is 15.0. The molecule has 4 heterocycles. The fraction of sp³-hybridized carbons (Fsp3) is 0.0217. The Balaban J connectivity index is 1.01. The predicted molar refractivity (Wildman–Crippen MR) is 208 cm³/mol. The quantitative estimate of drug-likeness (QED) is 0.190. The van der Waals surface area contributed by atoms with E-state index in [4.69, 9.17) is 15.0 Å². The van der Waals surface area contributed by atoms with Crippen LogP contribution in [0.15, 0.2) is 164 Å². The van der Waals surface area contributed by atoms with Crippen molar-refractivity contribution in [1.82, 2.24) is 24.1 Å². The zero-order valence-electron chi connectivity index (χ0n) is 27.5. The number of benzene rings is 6. The van der Waals surface area contributed by atoms with Gasteiger partial charge in [-0.15, -0.1) is 0 Å². The number of rotatable bonds is 4. The summed E-state index contributed by atoms with van der Waals surface area (Å²) in [6.45, 7) is 0. The van der Waals surface area contributed by atoms with Crippen molar-refractivity contribution in [1.29, 1.82) is 0 Å². The Bertz CT molecular complexity index is 2790. The van der Waals surface area contributed by atoms with Crippen molar-refractivity contribution in [2.45, 2.75) is 6.42 Å². The van der Waals surface area contributed by atoms with Crippen LogP contribution in [0.4, 0.5) is 0 Å². The van der Waals surface area contributed by atoms with Crippen molar-refractivity contribution in [3.05, 3.63) is 175 Å². The third-order valence-corrected chi connectivity index (χ3v) is 10.4. The second kappa shape index (κ2) is 10.8. The Hall–Kier alpha value is -6.85. The second-order valence-corrected chi connectivity index (χ2v) is 13.3. The van der Waals surface area contributed by atoms with Crippen molar-refractivity contribution in [3.8, 4) is 45.1 Å². The van der Waals surface area contributed by atoms with Gasteiger partial charge in [-0.2, -0.15) is 0 Å². The van der Waals surface area contributed by atoms with Crippen LogP contribution in [0.5, 0.6) is 0 Å². The molecule has 11 rings (SSSR count). The molecule has 0 aliphatic heterocycles. The molecule has 10 aromatic rings. The van der Waals surface area contributed by atoms with E-state index >= 15 is 0 Å². The summed E-state index contributed by atoms with van der Waals surface area (Å²) in [5.41, 5.74) is 15.2. The molecule has 5 heteroatoms. The van der Waals surface area contributed by atoms with E-state index in [-0.39, 0.29) is 0 Å². The van der Waals surface area contributed by atoms with Gasteiger partial charge in [0.05, 0.1) is 51.0 Å². The summed E-state index contributed by atoms with van der Waals surface area (Å²) in [6, 6.07) is 53.9. The van der Waals surface area contributed by atoms with Crippen molar-refractivity contribution in [2.24, 2.45) is 0 Å². The van der Waals surface area contributed by atoms with Gasteiger partial charge in [0, 0.05) is 62.2 Å². The van der Waals surface area contributed by atoms with Crippen LogP contribution in [0.2, 0.25) is 0 Å². The molecular weight excluding hydrogens is 623 g/mol. The molecule has 0 saturated carbocycles. The highest BCUT2D eigenvalue weighted by molar-refractivity contribution is 6.11. The molecule has 4 aromatic heterocycles. The van der Waals surface area contributed by atoms with Crippen LogP contribution in [0.3, 0.4) is 0 Å². The topological polar surface area (TPSA) is 48.5 Å². The Morgan fingerprint density at radius 1 is 0.431 bits per heavy atom. The largest absolute Gasteiger partial charge is 0.309 e. The Morgan fingerprint density at radius 3 is 1.57 bits per heavy atom. The maximum atomic E-state index is 5.28. The lowest BCUT2D eigenvalue weighted by Crippen LogP contribution is -1.94. The predicted octanol–water partition coefficient (Wildman–Crippen LogP) is 11.0. The van der Waals surface area contributed by atoms with Gasteiger partial charge < -0.3 is 9.13 Å². The lowest BCUT2D eigenvalue weighted by molar-refractivity contribution is 1.08. The van der Waals surface area contributed by atoms with Crippen LogP contribution >= 0.6 is 0 Å². The number of hydrogen-bond donors (Lipinski definition) is 0. The van der Waals surface area contributed by atoms with Crippen LogP contribution in [0, 0.1) is 0 Å². The van der Waals surface area contributed by atoms with Gasteiger partial charge in [0.15, 0.2) is 0 Å². The smallest absolute Gasteiger partial charge is 0.0932 e. The molecule has 0 amide bonds. The third-order valence-electron chi connectivity index (χ3n) is 10.4. The van der Waals surface area contributed by atoms with Crippen LogP contribution in [0.1, 0.15) is 11.3 Å². The van der Waals surface area contributed by atoms with E-state index in [1.807, 2.05) is 12.4 Å². The van der Waals surface area contributed by atoms with Gasteiger partial charge in [-0.3, -0.25) is 9.97 Å². The molecule has 0 fully saturated rings. The van der Waals surface area contributed by atoms with Gasteiger partial charge in [-0.05, 0) is 72.3 Å². The number of hydrogen-bond acceptors (Lipinski definition) is 3. The molecule has 0 atom stereocenters. The number of aromatic nitrogens is 5. The molecule has 238 valence electrons. The summed E-state index contributed by atoms with van der Waals surface area (Å²) in [7, 11) is 0. The average molecular weight is 652 g/mol. The first-order valence-electron chi connectivity index (χ1n) is 17.3. The third kappa shape index (κ3) is 4.25. The summed E-state index contributed by atoms with van der Waals surface area (Å²) < 4.78 is 4.68. The van der Waals surface area contributed by atoms with Gasteiger partial charge in [-0.1, -0.05) is 84.9 Å². The minimum atomic E-state index is 0.735. The standard InChI is InChI=1S/C46H29N5/c1-3-11-32(12-4-1)50-42-17-9-7-15-34(42)37-23-29(19-21-44(37)50)39-26-36-31(27-47-39)25-40-46(36)49-41(28-48-40)30-20-22-45-38(24-30)35-16-8-10-18-43(35)51(45)33-13-5-2-6-14-33/h1-24,26-28H,25H2. The number of pyridine rings is 1. The molecule has 51 heavy (non-hydrogen) atoms. The fourth-order valence-corrected chi connectivity index (χ4v) is 8.06. The SMILES string of the molecule is c1ccc(-n2c3ccccc3c3cc(-c4cc5c(cn4)Cc4ncc(-c6ccc7c(c6)c6ccccc6n7-c6ccccc6)nc4-5)ccc32)cc1. The summed E-state index contributed by atoms with van der Waals surface area (Å²) >= 11 is 0. The van der Waals surface area contributed by atoms with Gasteiger partial charge >= 0.3 is 0 Å². The highest BCUT2D eigenvalue weighted by Gasteiger charge is 2.24. The summed E-state index contributed by atoms with van der Waals surface area (Å²) in [5.74, 6) is 0. The Morgan fingerprint density at radius 2 is 0.961 bits per heavy atom. The van der Waals surface area contributed by atoms with E-state index in [9.17, 15) is 0 Å². The molecule has 1 aliphatic carbocycles. The summed E-state index contributed by atoms with van der Waals surface area (Å²) in [5, 5.41) is 4.85. The van der Waals surface area contributed by atoms with Gasteiger partial charge in [-0.25, -0.2) is 4.98 Å². The summed E-state index contributed by atoms with van der Waals surface area (Å²) in [6.07, 6.45) is 4.67. The first-order valence-corrected chi connectivity index (χ1v) is 17.3. The minimum Gasteiger partial charge on any atom is -0.309 e. The zero-order chi connectivity index (χ0) is 33.5. The molecular formula is C46H29N5. The number of para-hydroxylation sites is 4. The highest BCUT2D eigenvalue weighted by Crippen LogP contribution is 2.40. The van der Waals surface area contributed by atoms with Crippen molar-refractivity contribution in [3.63, 3.8) is 0 Å². The van der Waals surface area contributed by atoms with Crippen LogP contribution in [-0.2, 0) is 6.42 Å². The van der Waals surface area contributed by atoms with E-state index in [2.05, 4.69) is 161 Å². The van der Waals surface area contributed by atoms with Crippen LogP contribution in [-0.4, -0.2) is 24.1 Å². The van der Waals surface area contributed by atoms with E-state index in [1.54, 1.807) is 0 Å². The monoisotopic (exact) mass is 651 g/mol. The molecule has 6 aromatic carbocycles. The van der Waals surface area contributed by atoms with Crippen LogP contribution in [0.25, 0.3) is 88.8 Å². The van der Waals surface area contributed by atoms with Gasteiger partial charge in [0.2, 0.25) is 0 Å². The van der Waals surface area contributed by atoms with Gasteiger partial charge in [0.25, 0.3) is 0 Å². The number of fused-ring (bicyclic) bond motifs is 9. The fourth-order valence-electron chi connectivity index (χ4n) is 8.06. The maximum absolute atomic E-state index is 5.28. The maximum Gasteiger partial charge on any atom is 0.0932 e. The van der Waals surface area contributed by atoms with Crippen LogP contribution < -0.4 is 0 Å². The number of nitrogens with zero attached hydrogens (tertiary/aromatic N) is 5. The minimum absolute atomic E-state index is 0.735. The molecule has 0 bridgehead atoms. The van der Waals surface area contributed by atoms with E-state index in [0.717, 1.165) is 62.8 Å². The van der Waals surface area contributed by atoms with Crippen molar-refractivity contribution >= 4 is 43.6 Å². The Kier molecular flexibility index (Phi) is 5.95. The normalized spacial score (nSPS) is 12.2. The Labute approximate surface area is 293 Å². The van der Waals surface area contributed by atoms with E-state index in [1.165, 1.54) is 43.6 Å². The first kappa shape index (κ1) is 28.0. The summed E-state index contributed by atoms with van der Waals surface area (Å²) in [4.78, 5) is 15.2. The van der Waals surface area contributed by atoms with E-state index < -0.39 is 0 Å². The van der Waals surface area contributed by atoms with Gasteiger partial charge in [0.1, 0.15) is 0 Å². The molecule has 0 spiro atoms. The molecule has 0 unspecified atom stereocenters. The van der Waals surface area contributed by atoms with E-state index in [0.29, 0.717) is 0 Å². The molecule has 5 nitrogen and oxygen atoms in total. The average Bonchev–Trinajstić information content (AvgIpc) is 3.85. The zero-order valence-corrected chi connectivity index (χ0v) is 27.5. The van der Waals surface area contributed by atoms with Crippen molar-refractivity contribution < 1.29 is 0 Å². The first-order chi connectivity index (χ1) is 25.3. The lowest BCUT2D eigenvalue weighted by Gasteiger charge is -2.09.